The summed E-state index contributed by atoms with van der Waals surface area (Å²) in [6.45, 7) is 0.599. The van der Waals surface area contributed by atoms with Gasteiger partial charge in [-0.2, -0.15) is 13.2 Å². The highest BCUT2D eigenvalue weighted by Crippen LogP contribution is 2.65. The second-order valence-electron chi connectivity index (χ2n) is 11.8. The van der Waals surface area contributed by atoms with E-state index in [1.807, 2.05) is 7.05 Å². The lowest BCUT2D eigenvalue weighted by atomic mass is 9.50. The van der Waals surface area contributed by atoms with Gasteiger partial charge in [-0.25, -0.2) is 19.2 Å². The summed E-state index contributed by atoms with van der Waals surface area (Å²) in [5.41, 5.74) is -0.679. The van der Waals surface area contributed by atoms with E-state index in [-0.39, 0.29) is 35.3 Å². The van der Waals surface area contributed by atoms with Crippen LogP contribution in [0.5, 0.6) is 11.5 Å². The average molecular weight is 682 g/mol. The van der Waals surface area contributed by atoms with E-state index in [4.69, 9.17) is 24.1 Å². The Morgan fingerprint density at radius 1 is 1.02 bits per heavy atom. The molecular formula is C31H30F3NO13. The van der Waals surface area contributed by atoms with Gasteiger partial charge in [-0.05, 0) is 44.1 Å². The quantitative estimate of drug-likeness (QED) is 0.224. The molecule has 6 N–H and O–H groups in total. The van der Waals surface area contributed by atoms with Crippen molar-refractivity contribution in [2.45, 2.75) is 66.9 Å². The minimum absolute atomic E-state index is 0.0428. The molecule has 1 saturated heterocycles. The van der Waals surface area contributed by atoms with Crippen LogP contribution in [0.2, 0.25) is 0 Å². The number of ether oxygens (including phenoxy) is 3. The number of carboxylic acids is 2. The maximum atomic E-state index is 13.0. The largest absolute Gasteiger partial charge is 0.504 e. The fourth-order valence-corrected chi connectivity index (χ4v) is 6.95. The number of aliphatic hydroxyl groups is 3. The number of phenols is 1. The first-order chi connectivity index (χ1) is 22.4. The predicted molar refractivity (Wildman–Crippen MR) is 151 cm³/mol. The van der Waals surface area contributed by atoms with Crippen molar-refractivity contribution in [3.8, 4) is 11.5 Å². The van der Waals surface area contributed by atoms with E-state index in [1.165, 1.54) is 36.4 Å². The number of carbonyl (C=O) groups is 4. The fraction of sp³-hybridized carbons (Fsp3) is 0.419. The van der Waals surface area contributed by atoms with Gasteiger partial charge in [-0.1, -0.05) is 36.4 Å². The Morgan fingerprint density at radius 2 is 1.65 bits per heavy atom. The minimum Gasteiger partial charge on any atom is -0.504 e. The Hall–Kier alpha value is -4.71. The summed E-state index contributed by atoms with van der Waals surface area (Å²) in [5.74, 6) is -7.19. The third-order valence-electron chi connectivity index (χ3n) is 9.16. The molecule has 0 saturated carbocycles. The molecule has 48 heavy (non-hydrogen) atoms. The van der Waals surface area contributed by atoms with Crippen molar-refractivity contribution in [2.24, 2.45) is 0 Å². The molecule has 0 aromatic heterocycles. The lowest BCUT2D eigenvalue weighted by Crippen LogP contribution is -2.74. The highest BCUT2D eigenvalue weighted by molar-refractivity contribution is 5.87. The number of carboxylic acid groups (broad SMARTS) is 2. The summed E-state index contributed by atoms with van der Waals surface area (Å²) in [5, 5.41) is 60.2. The van der Waals surface area contributed by atoms with Crippen molar-refractivity contribution in [1.82, 2.24) is 4.90 Å². The van der Waals surface area contributed by atoms with Gasteiger partial charge in [0.1, 0.15) is 5.76 Å². The third kappa shape index (κ3) is 5.61. The average Bonchev–Trinajstić information content (AvgIpc) is 3.39. The number of hydrogen-bond donors (Lipinski definition) is 6. The molecule has 2 aromatic rings. The molecule has 2 aliphatic heterocycles. The zero-order valence-electron chi connectivity index (χ0n) is 25.0. The van der Waals surface area contributed by atoms with Crippen LogP contribution in [0, 0.1) is 0 Å². The number of likely N-dealkylation sites (tertiary alicyclic amines) is 1. The number of halogens is 3. The number of carbonyl (C=O) groups excluding carboxylic acids is 2. The molecule has 2 aliphatic carbocycles. The highest BCUT2D eigenvalue weighted by Gasteiger charge is 2.72. The van der Waals surface area contributed by atoms with Gasteiger partial charge in [0.15, 0.2) is 29.8 Å². The Kier molecular flexibility index (Phi) is 8.93. The molecule has 4 aliphatic rings. The molecular weight excluding hydrogens is 651 g/mol. The second kappa shape index (κ2) is 12.4. The summed E-state index contributed by atoms with van der Waals surface area (Å²) < 4.78 is 48.3. The zero-order valence-corrected chi connectivity index (χ0v) is 25.0. The maximum absolute atomic E-state index is 13.0. The van der Waals surface area contributed by atoms with Crippen LogP contribution in [0.15, 0.2) is 54.3 Å². The SMILES string of the molecule is CN1CC[C@]23c4c5ccc(O)c4O[C@H]2C(OC(=O)C(O)C(O)C(=O)OC(C(=O)O)c2ccccc2)=CC[C@@]3(O)[C@H]1C5.O=C(O)C(F)(F)F. The molecule has 2 heterocycles. The van der Waals surface area contributed by atoms with Gasteiger partial charge in [0.2, 0.25) is 6.10 Å². The van der Waals surface area contributed by atoms with Gasteiger partial charge >= 0.3 is 30.1 Å². The van der Waals surface area contributed by atoms with Crippen molar-refractivity contribution >= 4 is 23.9 Å². The molecule has 7 atom stereocenters. The summed E-state index contributed by atoms with van der Waals surface area (Å²) in [4.78, 5) is 48.1. The van der Waals surface area contributed by atoms with Crippen molar-refractivity contribution < 1.29 is 77.2 Å². The number of piperidine rings is 1. The number of phenolic OH excluding ortho intramolecular Hbond substituents is 1. The van der Waals surface area contributed by atoms with Gasteiger partial charge in [0.05, 0.1) is 11.0 Å². The highest BCUT2D eigenvalue weighted by atomic mass is 19.4. The Bertz CT molecular complexity index is 1660. The number of likely N-dealkylation sites (N-methyl/N-ethyl adjacent to an activating group) is 1. The van der Waals surface area contributed by atoms with E-state index >= 15 is 0 Å². The number of benzene rings is 2. The van der Waals surface area contributed by atoms with Crippen molar-refractivity contribution in [2.75, 3.05) is 13.6 Å². The number of aliphatic hydroxyl groups excluding tert-OH is 2. The van der Waals surface area contributed by atoms with Crippen molar-refractivity contribution in [1.29, 1.82) is 0 Å². The Labute approximate surface area is 269 Å². The third-order valence-corrected chi connectivity index (χ3v) is 9.16. The van der Waals surface area contributed by atoms with Gasteiger partial charge in [-0.3, -0.25) is 0 Å². The van der Waals surface area contributed by atoms with Crippen molar-refractivity contribution in [3.63, 3.8) is 0 Å². The van der Waals surface area contributed by atoms with Gasteiger partial charge in [0.25, 0.3) is 0 Å². The van der Waals surface area contributed by atoms with E-state index in [0.29, 0.717) is 24.9 Å². The summed E-state index contributed by atoms with van der Waals surface area (Å²) in [6.07, 6.45) is -10.3. The topological polar surface area (TPSA) is 221 Å². The molecule has 0 amide bonds. The van der Waals surface area contributed by atoms with Crippen molar-refractivity contribution in [3.05, 3.63) is 71.0 Å². The monoisotopic (exact) mass is 681 g/mol. The zero-order chi connectivity index (χ0) is 35.3. The molecule has 14 nitrogen and oxygen atoms in total. The van der Waals surface area contributed by atoms with Crippen LogP contribution in [0.25, 0.3) is 0 Å². The first kappa shape index (κ1) is 34.6. The molecule has 3 unspecified atom stereocenters. The van der Waals surface area contributed by atoms with Crippen LogP contribution in [-0.2, 0) is 40.5 Å². The summed E-state index contributed by atoms with van der Waals surface area (Å²) in [6, 6.07) is 10.5. The molecule has 6 rings (SSSR count). The van der Waals surface area contributed by atoms with Gasteiger partial charge < -0.3 is 49.7 Å². The van der Waals surface area contributed by atoms with Crippen LogP contribution in [0.1, 0.15) is 35.6 Å². The van der Waals surface area contributed by atoms with E-state index in [1.54, 1.807) is 12.1 Å². The number of aliphatic carboxylic acids is 2. The van der Waals surface area contributed by atoms with E-state index < -0.39 is 65.5 Å². The minimum atomic E-state index is -5.08. The fourth-order valence-electron chi connectivity index (χ4n) is 6.95. The number of esters is 2. The Morgan fingerprint density at radius 3 is 2.25 bits per heavy atom. The maximum Gasteiger partial charge on any atom is 0.490 e. The Balaban J connectivity index is 0.000000582. The molecule has 2 bridgehead atoms. The lowest BCUT2D eigenvalue weighted by molar-refractivity contribution is -0.192. The number of alkyl halides is 3. The molecule has 0 radical (unpaired) electrons. The van der Waals surface area contributed by atoms with Gasteiger partial charge in [0, 0.05) is 23.6 Å². The number of rotatable bonds is 7. The van der Waals surface area contributed by atoms with Crippen LogP contribution in [-0.4, -0.2) is 109 Å². The first-order valence-corrected chi connectivity index (χ1v) is 14.4. The summed E-state index contributed by atoms with van der Waals surface area (Å²) in [7, 11) is 1.93. The number of hydrogen-bond acceptors (Lipinski definition) is 12. The lowest BCUT2D eigenvalue weighted by Gasteiger charge is -2.61. The van der Waals surface area contributed by atoms with E-state index in [0.717, 1.165) is 5.56 Å². The number of aromatic hydroxyl groups is 1. The summed E-state index contributed by atoms with van der Waals surface area (Å²) >= 11 is 0. The van der Waals surface area contributed by atoms with Crippen LogP contribution >= 0.6 is 0 Å². The van der Waals surface area contributed by atoms with E-state index in [9.17, 15) is 53.1 Å². The normalized spacial score (nSPS) is 27.0. The smallest absolute Gasteiger partial charge is 0.490 e. The molecule has 1 spiro atoms. The van der Waals surface area contributed by atoms with Gasteiger partial charge in [-0.15, -0.1) is 0 Å². The molecule has 17 heteroatoms. The first-order valence-electron chi connectivity index (χ1n) is 14.4. The predicted octanol–water partition coefficient (Wildman–Crippen LogP) is 0.937. The standard InChI is InChI=1S/C29H29NO11.C2HF3O2/c1-30-12-11-28-19-15-7-8-16(31)23(19)40-24(28)17(9-10-29(28,38)18(30)13-15)39-26(36)20(32)21(33)27(37)41-22(25(34)35)14-5-3-2-4-6-14;3-2(4,5)1(6)7/h2-9,18,20-22,24,31-33,38H,10-13H2,1H3,(H,34,35);(H,6,7)/t18-,20?,21?,22?,24+,28+,29-;/m1./s1. The second-order valence-corrected chi connectivity index (χ2v) is 11.8. The van der Waals surface area contributed by atoms with Crippen LogP contribution in [0.4, 0.5) is 13.2 Å². The van der Waals surface area contributed by atoms with Crippen LogP contribution in [0.3, 0.4) is 0 Å². The molecule has 1 fully saturated rings. The van der Waals surface area contributed by atoms with Crippen LogP contribution < -0.4 is 4.74 Å². The van der Waals surface area contributed by atoms with E-state index in [2.05, 4.69) is 4.90 Å². The molecule has 258 valence electrons. The molecule has 2 aromatic carbocycles. The number of nitrogens with zero attached hydrogens (tertiary/aromatic N) is 1.